The molecule has 0 saturated carbocycles. The van der Waals surface area contributed by atoms with Gasteiger partial charge in [-0.25, -0.2) is 0 Å². The van der Waals surface area contributed by atoms with Crippen LogP contribution in [0.25, 0.3) is 17.4 Å². The summed E-state index contributed by atoms with van der Waals surface area (Å²) in [7, 11) is 0. The van der Waals surface area contributed by atoms with Crippen LogP contribution in [0.3, 0.4) is 0 Å². The minimum absolute atomic E-state index is 0.0500. The largest absolute Gasteiger partial charge is 0.453 e. The van der Waals surface area contributed by atoms with Gasteiger partial charge in [-0.3, -0.25) is 14.5 Å². The number of benzene rings is 2. The molecule has 1 fully saturated rings. The fourth-order valence-corrected chi connectivity index (χ4v) is 3.57. The van der Waals surface area contributed by atoms with Crippen LogP contribution in [0.15, 0.2) is 77.2 Å². The van der Waals surface area contributed by atoms with Gasteiger partial charge in [0.25, 0.3) is 5.91 Å². The highest BCUT2D eigenvalue weighted by Gasteiger charge is 2.21. The lowest BCUT2D eigenvalue weighted by Crippen LogP contribution is -2.48. The number of piperazine rings is 1. The van der Waals surface area contributed by atoms with Crippen LogP contribution in [0.4, 0.5) is 0 Å². The topological polar surface area (TPSA) is 53.8 Å². The highest BCUT2D eigenvalue weighted by Crippen LogP contribution is 2.22. The van der Waals surface area contributed by atoms with Crippen LogP contribution in [-0.2, 0) is 0 Å². The molecule has 0 unspecified atom stereocenters. The first-order chi connectivity index (χ1) is 14.7. The van der Waals surface area contributed by atoms with Gasteiger partial charge in [0.2, 0.25) is 0 Å². The van der Waals surface area contributed by atoms with Crippen LogP contribution >= 0.6 is 0 Å². The standard InChI is InChI=1S/C25H24N2O3/c28-19-23-12-13-24(30-23)21-8-10-22(11-9-21)25(29)27-17-15-26(16-18-27)14-4-7-20-5-2-1-3-6-20/h1-13,19H,14-18H2. The van der Waals surface area contributed by atoms with Gasteiger partial charge >= 0.3 is 0 Å². The van der Waals surface area contributed by atoms with Crippen LogP contribution in [0.5, 0.6) is 0 Å². The molecule has 0 N–H and O–H groups in total. The Morgan fingerprint density at radius 2 is 1.63 bits per heavy atom. The van der Waals surface area contributed by atoms with E-state index in [2.05, 4.69) is 29.2 Å². The minimum Gasteiger partial charge on any atom is -0.453 e. The smallest absolute Gasteiger partial charge is 0.253 e. The average Bonchev–Trinajstić information content (AvgIpc) is 3.29. The summed E-state index contributed by atoms with van der Waals surface area (Å²) in [4.78, 5) is 27.9. The second-order valence-corrected chi connectivity index (χ2v) is 7.30. The molecule has 4 rings (SSSR count). The van der Waals surface area contributed by atoms with E-state index in [0.29, 0.717) is 23.4 Å². The summed E-state index contributed by atoms with van der Waals surface area (Å²) >= 11 is 0. The third-order valence-electron chi connectivity index (χ3n) is 5.29. The minimum atomic E-state index is 0.0500. The van der Waals surface area contributed by atoms with Gasteiger partial charge in [-0.1, -0.05) is 54.6 Å². The number of hydrogen-bond donors (Lipinski definition) is 0. The maximum atomic E-state index is 12.8. The summed E-state index contributed by atoms with van der Waals surface area (Å²) in [6.07, 6.45) is 4.99. The highest BCUT2D eigenvalue weighted by molar-refractivity contribution is 5.94. The average molecular weight is 400 g/mol. The number of nitrogens with zero attached hydrogens (tertiary/aromatic N) is 2. The van der Waals surface area contributed by atoms with Crippen molar-refractivity contribution in [3.05, 3.63) is 89.7 Å². The van der Waals surface area contributed by atoms with E-state index in [9.17, 15) is 9.59 Å². The monoisotopic (exact) mass is 400 g/mol. The van der Waals surface area contributed by atoms with Crippen molar-refractivity contribution in [1.82, 2.24) is 9.80 Å². The van der Waals surface area contributed by atoms with E-state index in [4.69, 9.17) is 4.42 Å². The molecule has 0 bridgehead atoms. The molecule has 1 saturated heterocycles. The van der Waals surface area contributed by atoms with E-state index in [1.165, 1.54) is 5.56 Å². The quantitative estimate of drug-likeness (QED) is 0.581. The summed E-state index contributed by atoms with van der Waals surface area (Å²) in [5.41, 5.74) is 2.71. The fraction of sp³-hybridized carbons (Fsp3) is 0.200. The lowest BCUT2D eigenvalue weighted by atomic mass is 10.1. The van der Waals surface area contributed by atoms with E-state index in [1.807, 2.05) is 47.4 Å². The zero-order valence-electron chi connectivity index (χ0n) is 16.7. The first kappa shape index (κ1) is 19.9. The third kappa shape index (κ3) is 4.75. The third-order valence-corrected chi connectivity index (χ3v) is 5.29. The summed E-state index contributed by atoms with van der Waals surface area (Å²) < 4.78 is 5.43. The first-order valence-electron chi connectivity index (χ1n) is 10.1. The maximum absolute atomic E-state index is 12.8. The molecular formula is C25H24N2O3. The number of carbonyl (C=O) groups excluding carboxylic acids is 2. The molecule has 0 atom stereocenters. The molecule has 0 radical (unpaired) electrons. The van der Waals surface area contributed by atoms with Crippen molar-refractivity contribution in [2.75, 3.05) is 32.7 Å². The predicted octanol–water partition coefficient (Wildman–Crippen LogP) is 4.23. The van der Waals surface area contributed by atoms with Crippen LogP contribution < -0.4 is 0 Å². The second kappa shape index (κ2) is 9.37. The van der Waals surface area contributed by atoms with E-state index in [0.717, 1.165) is 38.3 Å². The van der Waals surface area contributed by atoms with E-state index in [-0.39, 0.29) is 5.91 Å². The summed E-state index contributed by atoms with van der Waals surface area (Å²) in [6, 6.07) is 21.0. The number of carbonyl (C=O) groups is 2. The molecule has 1 aliphatic rings. The predicted molar refractivity (Wildman–Crippen MR) is 117 cm³/mol. The van der Waals surface area contributed by atoms with E-state index < -0.39 is 0 Å². The Morgan fingerprint density at radius 1 is 0.900 bits per heavy atom. The number of aldehydes is 1. The SMILES string of the molecule is O=Cc1ccc(-c2ccc(C(=O)N3CCN(CC=Cc4ccccc4)CC3)cc2)o1. The van der Waals surface area contributed by atoms with Gasteiger partial charge in [0.15, 0.2) is 12.0 Å². The molecule has 0 spiro atoms. The van der Waals surface area contributed by atoms with E-state index in [1.54, 1.807) is 12.1 Å². The molecule has 30 heavy (non-hydrogen) atoms. The fourth-order valence-electron chi connectivity index (χ4n) is 3.57. The molecule has 5 nitrogen and oxygen atoms in total. The van der Waals surface area contributed by atoms with Crippen LogP contribution in [-0.4, -0.2) is 54.7 Å². The molecule has 1 aliphatic heterocycles. The van der Waals surface area contributed by atoms with Crippen LogP contribution in [0, 0.1) is 0 Å². The van der Waals surface area contributed by atoms with Crippen molar-refractivity contribution in [2.24, 2.45) is 0 Å². The molecule has 2 aromatic carbocycles. The zero-order valence-corrected chi connectivity index (χ0v) is 16.7. The van der Waals surface area contributed by atoms with Crippen molar-refractivity contribution in [1.29, 1.82) is 0 Å². The van der Waals surface area contributed by atoms with Crippen molar-refractivity contribution in [2.45, 2.75) is 0 Å². The normalized spacial score (nSPS) is 14.9. The number of hydrogen-bond acceptors (Lipinski definition) is 4. The molecule has 1 amide bonds. The second-order valence-electron chi connectivity index (χ2n) is 7.30. The molecular weight excluding hydrogens is 376 g/mol. The van der Waals surface area contributed by atoms with Gasteiger partial charge in [-0.15, -0.1) is 0 Å². The first-order valence-corrected chi connectivity index (χ1v) is 10.1. The summed E-state index contributed by atoms with van der Waals surface area (Å²) in [5, 5.41) is 0. The van der Waals surface area contributed by atoms with Crippen molar-refractivity contribution >= 4 is 18.3 Å². The maximum Gasteiger partial charge on any atom is 0.253 e. The number of furan rings is 1. The Labute approximate surface area is 176 Å². The summed E-state index contributed by atoms with van der Waals surface area (Å²) in [5.74, 6) is 0.962. The molecule has 2 heterocycles. The Morgan fingerprint density at radius 3 is 2.30 bits per heavy atom. The Bertz CT molecular complexity index is 1010. The van der Waals surface area contributed by atoms with Gasteiger partial charge in [0, 0.05) is 43.9 Å². The number of rotatable bonds is 6. The van der Waals surface area contributed by atoms with Gasteiger partial charge in [-0.2, -0.15) is 0 Å². The highest BCUT2D eigenvalue weighted by atomic mass is 16.3. The number of amides is 1. The Kier molecular flexibility index (Phi) is 6.20. The van der Waals surface area contributed by atoms with Crippen molar-refractivity contribution in [3.8, 4) is 11.3 Å². The van der Waals surface area contributed by atoms with Gasteiger partial charge in [-0.05, 0) is 29.8 Å². The van der Waals surface area contributed by atoms with Crippen LogP contribution in [0.2, 0.25) is 0 Å². The van der Waals surface area contributed by atoms with Crippen LogP contribution in [0.1, 0.15) is 26.5 Å². The van der Waals surface area contributed by atoms with Gasteiger partial charge < -0.3 is 9.32 Å². The molecule has 3 aromatic rings. The van der Waals surface area contributed by atoms with Crippen molar-refractivity contribution in [3.63, 3.8) is 0 Å². The van der Waals surface area contributed by atoms with Gasteiger partial charge in [0.1, 0.15) is 5.76 Å². The Balaban J connectivity index is 1.29. The van der Waals surface area contributed by atoms with E-state index >= 15 is 0 Å². The lowest BCUT2D eigenvalue weighted by Gasteiger charge is -2.34. The van der Waals surface area contributed by atoms with Gasteiger partial charge in [0.05, 0.1) is 0 Å². The molecule has 0 aliphatic carbocycles. The Hall–Kier alpha value is -3.44. The zero-order chi connectivity index (χ0) is 20.8. The van der Waals surface area contributed by atoms with Crippen molar-refractivity contribution < 1.29 is 14.0 Å². The summed E-state index contributed by atoms with van der Waals surface area (Å²) in [6.45, 7) is 4.06. The molecule has 1 aromatic heterocycles. The molecule has 5 heteroatoms. The lowest BCUT2D eigenvalue weighted by molar-refractivity contribution is 0.0650. The molecule has 152 valence electrons.